The Bertz CT molecular complexity index is 134. The van der Waals surface area contributed by atoms with Crippen LogP contribution in [0.3, 0.4) is 0 Å². The molecule has 2 heteroatoms. The zero-order chi connectivity index (χ0) is 11.0. The van der Waals surface area contributed by atoms with Crippen LogP contribution in [0, 0.1) is 0 Å². The van der Waals surface area contributed by atoms with E-state index in [1.54, 1.807) is 0 Å². The molecular formula is C12H27NO. The maximum atomic E-state index is 5.87. The third-order valence-electron chi connectivity index (χ3n) is 2.70. The summed E-state index contributed by atoms with van der Waals surface area (Å²) in [5.74, 6) is 0. The van der Waals surface area contributed by atoms with Crippen LogP contribution in [0.4, 0.5) is 0 Å². The van der Waals surface area contributed by atoms with Crippen LogP contribution < -0.4 is 5.32 Å². The smallest absolute Gasteiger partial charge is 0.0626 e. The molecule has 2 nitrogen and oxygen atoms in total. The quantitative estimate of drug-likeness (QED) is 0.652. The van der Waals surface area contributed by atoms with E-state index in [4.69, 9.17) is 4.74 Å². The lowest BCUT2D eigenvalue weighted by molar-refractivity contribution is -0.0307. The molecule has 0 aromatic rings. The number of rotatable bonds is 8. The minimum absolute atomic E-state index is 0.0291. The monoisotopic (exact) mass is 201 g/mol. The van der Waals surface area contributed by atoms with Gasteiger partial charge in [0, 0.05) is 6.04 Å². The lowest BCUT2D eigenvalue weighted by Gasteiger charge is -2.27. The Kier molecular flexibility index (Phi) is 7.20. The fourth-order valence-electron chi connectivity index (χ4n) is 1.10. The van der Waals surface area contributed by atoms with Crippen molar-refractivity contribution in [1.82, 2.24) is 5.32 Å². The summed E-state index contributed by atoms with van der Waals surface area (Å²) in [6.07, 6.45) is 3.39. The zero-order valence-electron chi connectivity index (χ0n) is 10.5. The topological polar surface area (TPSA) is 21.3 Å². The van der Waals surface area contributed by atoms with Crippen molar-refractivity contribution in [2.24, 2.45) is 0 Å². The van der Waals surface area contributed by atoms with Gasteiger partial charge in [0.05, 0.1) is 12.2 Å². The molecule has 0 spiro atoms. The molecule has 0 aliphatic rings. The number of ether oxygens (including phenoxy) is 1. The molecule has 1 unspecified atom stereocenters. The fraction of sp³-hybridized carbons (Fsp3) is 1.00. The van der Waals surface area contributed by atoms with Crippen LogP contribution in [-0.2, 0) is 4.74 Å². The van der Waals surface area contributed by atoms with Gasteiger partial charge in [0.25, 0.3) is 0 Å². The molecule has 0 radical (unpaired) electrons. The van der Waals surface area contributed by atoms with Gasteiger partial charge in [-0.3, -0.25) is 0 Å². The third kappa shape index (κ3) is 6.39. The van der Waals surface area contributed by atoms with E-state index >= 15 is 0 Å². The van der Waals surface area contributed by atoms with Gasteiger partial charge in [-0.1, -0.05) is 20.8 Å². The Morgan fingerprint density at radius 2 is 1.86 bits per heavy atom. The first kappa shape index (κ1) is 13.9. The second kappa shape index (κ2) is 7.24. The van der Waals surface area contributed by atoms with Crippen molar-refractivity contribution < 1.29 is 4.74 Å². The van der Waals surface area contributed by atoms with E-state index in [9.17, 15) is 0 Å². The molecule has 0 saturated carbocycles. The van der Waals surface area contributed by atoms with E-state index in [0.29, 0.717) is 6.04 Å². The van der Waals surface area contributed by atoms with Crippen molar-refractivity contribution >= 4 is 0 Å². The number of hydrogen-bond donors (Lipinski definition) is 1. The van der Waals surface area contributed by atoms with Gasteiger partial charge in [-0.15, -0.1) is 0 Å². The summed E-state index contributed by atoms with van der Waals surface area (Å²) in [6, 6.07) is 0.515. The Balaban J connectivity index is 3.71. The normalized spacial score (nSPS) is 14.4. The second-order valence-electron chi connectivity index (χ2n) is 4.48. The average Bonchev–Trinajstić information content (AvgIpc) is 2.18. The molecule has 0 amide bonds. The minimum Gasteiger partial charge on any atom is -0.374 e. The van der Waals surface area contributed by atoms with Crippen molar-refractivity contribution in [2.45, 2.75) is 65.5 Å². The second-order valence-corrected chi connectivity index (χ2v) is 4.48. The Morgan fingerprint density at radius 3 is 2.29 bits per heavy atom. The predicted molar refractivity (Wildman–Crippen MR) is 62.7 cm³/mol. The van der Waals surface area contributed by atoms with Crippen molar-refractivity contribution in [2.75, 3.05) is 13.2 Å². The Morgan fingerprint density at radius 1 is 1.21 bits per heavy atom. The molecular weight excluding hydrogens is 174 g/mol. The molecule has 0 heterocycles. The molecule has 0 bridgehead atoms. The molecule has 14 heavy (non-hydrogen) atoms. The van der Waals surface area contributed by atoms with E-state index < -0.39 is 0 Å². The van der Waals surface area contributed by atoms with Gasteiger partial charge in [-0.25, -0.2) is 0 Å². The first-order valence-electron chi connectivity index (χ1n) is 5.93. The van der Waals surface area contributed by atoms with E-state index in [0.717, 1.165) is 26.0 Å². The molecule has 0 aliphatic heterocycles. The minimum atomic E-state index is 0.0291. The average molecular weight is 201 g/mol. The summed E-state index contributed by atoms with van der Waals surface area (Å²) in [4.78, 5) is 0. The third-order valence-corrected chi connectivity index (χ3v) is 2.70. The van der Waals surface area contributed by atoms with E-state index in [2.05, 4.69) is 39.9 Å². The lowest BCUT2D eigenvalue weighted by Crippen LogP contribution is -2.37. The van der Waals surface area contributed by atoms with Crippen LogP contribution >= 0.6 is 0 Å². The fourth-order valence-corrected chi connectivity index (χ4v) is 1.10. The molecule has 1 atom stereocenters. The highest BCUT2D eigenvalue weighted by molar-refractivity contribution is 4.69. The van der Waals surface area contributed by atoms with Crippen molar-refractivity contribution in [1.29, 1.82) is 0 Å². The van der Waals surface area contributed by atoms with Crippen molar-refractivity contribution in [3.05, 3.63) is 0 Å². The standard InChI is InChI=1S/C12H27NO/c1-6-9-13-11(7-2)10-14-12(4,5)8-3/h11,13H,6-10H2,1-5H3. The maximum Gasteiger partial charge on any atom is 0.0626 e. The van der Waals surface area contributed by atoms with Crippen molar-refractivity contribution in [3.8, 4) is 0 Å². The van der Waals surface area contributed by atoms with E-state index in [-0.39, 0.29) is 5.60 Å². The SMILES string of the molecule is CCCNC(CC)COC(C)(C)CC. The highest BCUT2D eigenvalue weighted by atomic mass is 16.5. The van der Waals surface area contributed by atoms with Gasteiger partial charge < -0.3 is 10.1 Å². The largest absolute Gasteiger partial charge is 0.374 e. The summed E-state index contributed by atoms with van der Waals surface area (Å²) in [5.41, 5.74) is 0.0291. The molecule has 0 rings (SSSR count). The van der Waals surface area contributed by atoms with Gasteiger partial charge in [-0.2, -0.15) is 0 Å². The van der Waals surface area contributed by atoms with Crippen LogP contribution in [-0.4, -0.2) is 24.8 Å². The van der Waals surface area contributed by atoms with Crippen LogP contribution in [0.15, 0.2) is 0 Å². The highest BCUT2D eigenvalue weighted by Crippen LogP contribution is 2.14. The summed E-state index contributed by atoms with van der Waals surface area (Å²) in [7, 11) is 0. The summed E-state index contributed by atoms with van der Waals surface area (Å²) in [5, 5.41) is 3.49. The van der Waals surface area contributed by atoms with Crippen LogP contribution in [0.5, 0.6) is 0 Å². The number of hydrogen-bond acceptors (Lipinski definition) is 2. The Hall–Kier alpha value is -0.0800. The maximum absolute atomic E-state index is 5.87. The molecule has 0 saturated heterocycles. The van der Waals surface area contributed by atoms with Gasteiger partial charge in [0.1, 0.15) is 0 Å². The van der Waals surface area contributed by atoms with Crippen molar-refractivity contribution in [3.63, 3.8) is 0 Å². The van der Waals surface area contributed by atoms with Gasteiger partial charge >= 0.3 is 0 Å². The van der Waals surface area contributed by atoms with Gasteiger partial charge in [0.2, 0.25) is 0 Å². The van der Waals surface area contributed by atoms with Crippen LogP contribution in [0.2, 0.25) is 0 Å². The zero-order valence-corrected chi connectivity index (χ0v) is 10.5. The molecule has 0 aromatic heterocycles. The first-order chi connectivity index (χ1) is 6.55. The molecule has 0 aliphatic carbocycles. The molecule has 1 N–H and O–H groups in total. The number of nitrogens with one attached hydrogen (secondary N) is 1. The van der Waals surface area contributed by atoms with Gasteiger partial charge in [-0.05, 0) is 39.7 Å². The molecule has 0 fully saturated rings. The summed E-state index contributed by atoms with van der Waals surface area (Å²) in [6.45, 7) is 12.8. The molecule has 86 valence electrons. The lowest BCUT2D eigenvalue weighted by atomic mass is 10.1. The summed E-state index contributed by atoms with van der Waals surface area (Å²) >= 11 is 0. The van der Waals surface area contributed by atoms with E-state index in [1.807, 2.05) is 0 Å². The van der Waals surface area contributed by atoms with Crippen LogP contribution in [0.25, 0.3) is 0 Å². The highest BCUT2D eigenvalue weighted by Gasteiger charge is 2.17. The van der Waals surface area contributed by atoms with Crippen LogP contribution in [0.1, 0.15) is 53.9 Å². The summed E-state index contributed by atoms with van der Waals surface area (Å²) < 4.78 is 5.87. The van der Waals surface area contributed by atoms with E-state index in [1.165, 1.54) is 6.42 Å². The predicted octanol–water partition coefficient (Wildman–Crippen LogP) is 2.97. The Labute approximate surface area is 89.4 Å². The molecule has 0 aromatic carbocycles. The first-order valence-corrected chi connectivity index (χ1v) is 5.93. The van der Waals surface area contributed by atoms with Gasteiger partial charge in [0.15, 0.2) is 0 Å².